The SMILES string of the molecule is C=C/N=C\C(=C/N)C(=O)NC1(C(=O)NCC(=C)/N=C\C(=C/N)Oc2ccc(OC)cc2Cl)CC1. The maximum absolute atomic E-state index is 12.6. The van der Waals surface area contributed by atoms with Crippen molar-refractivity contribution in [2.45, 2.75) is 18.4 Å². The summed E-state index contributed by atoms with van der Waals surface area (Å²) in [6, 6.07) is 4.92. The third-order valence-electron chi connectivity index (χ3n) is 4.66. The van der Waals surface area contributed by atoms with Crippen molar-refractivity contribution in [1.82, 2.24) is 10.6 Å². The number of ether oxygens (including phenoxy) is 2. The number of amides is 2. The molecule has 1 fully saturated rings. The van der Waals surface area contributed by atoms with Gasteiger partial charge in [0.05, 0.1) is 36.2 Å². The van der Waals surface area contributed by atoms with Gasteiger partial charge in [0, 0.05) is 30.9 Å². The summed E-state index contributed by atoms with van der Waals surface area (Å²) in [7, 11) is 1.53. The molecule has 6 N–H and O–H groups in total. The summed E-state index contributed by atoms with van der Waals surface area (Å²) < 4.78 is 10.7. The Kier molecular flexibility index (Phi) is 9.45. The Morgan fingerprint density at radius 2 is 2.00 bits per heavy atom. The van der Waals surface area contributed by atoms with Crippen LogP contribution in [0.1, 0.15) is 12.8 Å². The molecule has 0 atom stereocenters. The van der Waals surface area contributed by atoms with Gasteiger partial charge in [0.1, 0.15) is 17.0 Å². The van der Waals surface area contributed by atoms with Gasteiger partial charge >= 0.3 is 0 Å². The van der Waals surface area contributed by atoms with Crippen molar-refractivity contribution >= 4 is 35.8 Å². The van der Waals surface area contributed by atoms with E-state index in [9.17, 15) is 9.59 Å². The van der Waals surface area contributed by atoms with Gasteiger partial charge in [0.15, 0.2) is 5.76 Å². The van der Waals surface area contributed by atoms with E-state index in [1.165, 1.54) is 31.9 Å². The number of benzene rings is 1. The second-order valence-corrected chi connectivity index (χ2v) is 7.50. The summed E-state index contributed by atoms with van der Waals surface area (Å²) in [5, 5.41) is 5.73. The van der Waals surface area contributed by atoms with E-state index in [0.29, 0.717) is 35.1 Å². The van der Waals surface area contributed by atoms with E-state index in [1.807, 2.05) is 0 Å². The van der Waals surface area contributed by atoms with Crippen LogP contribution in [0.5, 0.6) is 11.5 Å². The first-order valence-corrected chi connectivity index (χ1v) is 10.5. The Labute approximate surface area is 202 Å². The minimum absolute atomic E-state index is 0.0472. The topological polar surface area (TPSA) is 153 Å². The summed E-state index contributed by atoms with van der Waals surface area (Å²) in [6.07, 6.45) is 7.18. The molecule has 10 nitrogen and oxygen atoms in total. The molecule has 0 radical (unpaired) electrons. The van der Waals surface area contributed by atoms with E-state index < -0.39 is 11.4 Å². The van der Waals surface area contributed by atoms with Gasteiger partial charge in [-0.05, 0) is 25.0 Å². The number of nitrogens with one attached hydrogen (secondary N) is 2. The van der Waals surface area contributed by atoms with Crippen molar-refractivity contribution in [1.29, 1.82) is 0 Å². The smallest absolute Gasteiger partial charge is 0.255 e. The Morgan fingerprint density at radius 3 is 2.56 bits per heavy atom. The molecule has 1 aromatic carbocycles. The van der Waals surface area contributed by atoms with Gasteiger partial charge in [-0.2, -0.15) is 0 Å². The Hall–Kier alpha value is -4.05. The quantitative estimate of drug-likeness (QED) is 0.201. The molecule has 0 bridgehead atoms. The first-order chi connectivity index (χ1) is 16.3. The number of hydrogen-bond donors (Lipinski definition) is 4. The van der Waals surface area contributed by atoms with Crippen molar-refractivity contribution in [3.8, 4) is 11.5 Å². The van der Waals surface area contributed by atoms with Gasteiger partial charge in [-0.25, -0.2) is 0 Å². The van der Waals surface area contributed by atoms with Crippen LogP contribution in [0.2, 0.25) is 5.02 Å². The lowest BCUT2D eigenvalue weighted by Crippen LogP contribution is -2.49. The number of carbonyl (C=O) groups excluding carboxylic acids is 2. The molecule has 11 heteroatoms. The molecule has 180 valence electrons. The molecular formula is C23H27ClN6O4. The molecule has 0 unspecified atom stereocenters. The molecular weight excluding hydrogens is 460 g/mol. The number of aliphatic imine (C=N–C) groups is 2. The fourth-order valence-corrected chi connectivity index (χ4v) is 2.82. The summed E-state index contributed by atoms with van der Waals surface area (Å²) >= 11 is 6.16. The third-order valence-corrected chi connectivity index (χ3v) is 4.95. The predicted molar refractivity (Wildman–Crippen MR) is 133 cm³/mol. The van der Waals surface area contributed by atoms with Gasteiger partial charge in [-0.15, -0.1) is 0 Å². The number of nitrogens with zero attached hydrogens (tertiary/aromatic N) is 2. The first kappa shape index (κ1) is 26.2. The van der Waals surface area contributed by atoms with Gasteiger partial charge in [0.25, 0.3) is 5.91 Å². The van der Waals surface area contributed by atoms with E-state index in [4.69, 9.17) is 32.5 Å². The molecule has 1 aliphatic carbocycles. The molecule has 1 aromatic rings. The van der Waals surface area contributed by atoms with Crippen LogP contribution in [-0.2, 0) is 9.59 Å². The highest BCUT2D eigenvalue weighted by molar-refractivity contribution is 6.32. The number of rotatable bonds is 12. The van der Waals surface area contributed by atoms with Crippen molar-refractivity contribution in [2.75, 3.05) is 13.7 Å². The predicted octanol–water partition coefficient (Wildman–Crippen LogP) is 1.93. The van der Waals surface area contributed by atoms with Crippen molar-refractivity contribution in [2.24, 2.45) is 21.5 Å². The molecule has 34 heavy (non-hydrogen) atoms. The zero-order valence-corrected chi connectivity index (χ0v) is 19.5. The highest BCUT2D eigenvalue weighted by atomic mass is 35.5. The Bertz CT molecular complexity index is 1070. The van der Waals surface area contributed by atoms with E-state index in [2.05, 4.69) is 33.8 Å². The fraction of sp³-hybridized carbons (Fsp3) is 0.217. The van der Waals surface area contributed by atoms with Crippen LogP contribution in [0.15, 0.2) is 77.0 Å². The second-order valence-electron chi connectivity index (χ2n) is 7.09. The highest BCUT2D eigenvalue weighted by Crippen LogP contribution is 2.36. The Morgan fingerprint density at radius 1 is 1.26 bits per heavy atom. The van der Waals surface area contributed by atoms with Gasteiger partial charge < -0.3 is 31.6 Å². The highest BCUT2D eigenvalue weighted by Gasteiger charge is 2.51. The number of methoxy groups -OCH3 is 1. The molecule has 0 heterocycles. The number of halogens is 1. The van der Waals surface area contributed by atoms with Crippen molar-refractivity contribution < 1.29 is 19.1 Å². The zero-order valence-electron chi connectivity index (χ0n) is 18.7. The molecule has 0 saturated heterocycles. The van der Waals surface area contributed by atoms with Crippen LogP contribution in [0.3, 0.4) is 0 Å². The average molecular weight is 487 g/mol. The van der Waals surface area contributed by atoms with Crippen molar-refractivity contribution in [3.05, 3.63) is 72.0 Å². The number of carbonyl (C=O) groups is 2. The zero-order chi connectivity index (χ0) is 25.1. The lowest BCUT2D eigenvalue weighted by Gasteiger charge is -2.17. The summed E-state index contributed by atoms with van der Waals surface area (Å²) in [5.41, 5.74) is 10.5. The van der Waals surface area contributed by atoms with Gasteiger partial charge in [0.2, 0.25) is 5.91 Å². The van der Waals surface area contributed by atoms with E-state index in [1.54, 1.807) is 18.2 Å². The number of nitrogens with two attached hydrogens (primary N) is 2. The normalized spacial score (nSPS) is 15.1. The first-order valence-electron chi connectivity index (χ1n) is 10.1. The van der Waals surface area contributed by atoms with Crippen LogP contribution in [0.4, 0.5) is 0 Å². The van der Waals surface area contributed by atoms with Crippen LogP contribution >= 0.6 is 11.6 Å². The fourth-order valence-electron chi connectivity index (χ4n) is 2.61. The molecule has 2 rings (SSSR count). The number of hydrogen-bond acceptors (Lipinski definition) is 8. The second kappa shape index (κ2) is 12.3. The van der Waals surface area contributed by atoms with E-state index in [-0.39, 0.29) is 23.8 Å². The largest absolute Gasteiger partial charge is 0.497 e. The van der Waals surface area contributed by atoms with Crippen LogP contribution in [0, 0.1) is 0 Å². The lowest BCUT2D eigenvalue weighted by molar-refractivity contribution is -0.128. The van der Waals surface area contributed by atoms with E-state index in [0.717, 1.165) is 6.20 Å². The lowest BCUT2D eigenvalue weighted by atomic mass is 10.2. The summed E-state index contributed by atoms with van der Waals surface area (Å²) in [6.45, 7) is 7.28. The van der Waals surface area contributed by atoms with E-state index >= 15 is 0 Å². The van der Waals surface area contributed by atoms with Gasteiger partial charge in [-0.3, -0.25) is 19.6 Å². The minimum Gasteiger partial charge on any atom is -0.497 e. The molecule has 0 aliphatic heterocycles. The monoisotopic (exact) mass is 486 g/mol. The maximum Gasteiger partial charge on any atom is 0.255 e. The molecule has 2 amide bonds. The Balaban J connectivity index is 1.90. The van der Waals surface area contributed by atoms with Crippen LogP contribution < -0.4 is 31.6 Å². The van der Waals surface area contributed by atoms with Crippen LogP contribution in [0.25, 0.3) is 0 Å². The molecule has 1 saturated carbocycles. The molecule has 0 aromatic heterocycles. The maximum atomic E-state index is 12.6. The summed E-state index contributed by atoms with van der Waals surface area (Å²) in [5.74, 6) is 0.292. The standard InChI is InChI=1S/C23H27ClN6O4/c1-4-27-13-16(10-25)21(31)30-23(7-8-23)22(32)29-12-15(2)28-14-18(11-26)34-20-6-5-17(33-3)9-19(20)24/h4-6,9-11,13-14H,1-2,7-8,12,25-26H2,3H3,(H,29,32)(H,30,31)/b16-10+,18-11+,27-13-,28-14-. The third kappa shape index (κ3) is 7.24. The minimum atomic E-state index is -1.01. The summed E-state index contributed by atoms with van der Waals surface area (Å²) in [4.78, 5) is 32.9. The van der Waals surface area contributed by atoms with Gasteiger partial charge in [-0.1, -0.05) is 24.8 Å². The molecule has 1 aliphatic rings. The number of allylic oxidation sites excluding steroid dienone is 1. The average Bonchev–Trinajstić information content (AvgIpc) is 3.61. The molecule has 0 spiro atoms. The van der Waals surface area contributed by atoms with Crippen molar-refractivity contribution in [3.63, 3.8) is 0 Å². The van der Waals surface area contributed by atoms with Crippen LogP contribution in [-0.4, -0.2) is 43.4 Å².